The summed E-state index contributed by atoms with van der Waals surface area (Å²) >= 11 is 5.87. The number of aliphatic imine (C=N–C) groups is 1. The van der Waals surface area contributed by atoms with Crippen LogP contribution < -0.4 is 16.8 Å². The maximum absolute atomic E-state index is 14.0. The number of alkyl halides is 1. The molecule has 0 spiro atoms. The summed E-state index contributed by atoms with van der Waals surface area (Å²) in [5.74, 6) is -0.364. The van der Waals surface area contributed by atoms with Crippen molar-refractivity contribution in [2.24, 2.45) is 4.99 Å². The molecule has 0 aromatic heterocycles. The molecule has 4 nitrogen and oxygen atoms in total. The minimum absolute atomic E-state index is 0.0987. The van der Waals surface area contributed by atoms with E-state index >= 15 is 0 Å². The molecule has 0 saturated carbocycles. The number of nitrogens with two attached hydrogens (primary N) is 2. The number of hydrogen-bond donors (Lipinski definition) is 3. The molecule has 0 aliphatic rings. The Morgan fingerprint density at radius 3 is 2.65 bits per heavy atom. The largest absolute Gasteiger partial charge is 0.399 e. The van der Waals surface area contributed by atoms with E-state index in [0.717, 1.165) is 29.7 Å². The summed E-state index contributed by atoms with van der Waals surface area (Å²) < 4.78 is 14.0. The Hall–Kier alpha value is -2.53. The van der Waals surface area contributed by atoms with Gasteiger partial charge in [0.1, 0.15) is 5.50 Å². The molecule has 2 aromatic carbocycles. The SMILES string of the molecule is C/C=C(F)\C(=N/C(C)Cl)Nc1ccc(N)c(CCc2cccc(N)c2)c1. The molecular weight excluding hydrogens is 351 g/mol. The van der Waals surface area contributed by atoms with Crippen LogP contribution in [0.4, 0.5) is 21.5 Å². The highest BCUT2D eigenvalue weighted by Gasteiger charge is 2.09. The molecular formula is C20H24ClFN4. The molecule has 0 radical (unpaired) electrons. The van der Waals surface area contributed by atoms with Gasteiger partial charge >= 0.3 is 0 Å². The van der Waals surface area contributed by atoms with Gasteiger partial charge in [-0.2, -0.15) is 0 Å². The smallest absolute Gasteiger partial charge is 0.163 e. The van der Waals surface area contributed by atoms with Crippen LogP contribution >= 0.6 is 11.6 Å². The Kier molecular flexibility index (Phi) is 7.04. The molecule has 0 bridgehead atoms. The lowest BCUT2D eigenvalue weighted by molar-refractivity contribution is 0.677. The first-order chi connectivity index (χ1) is 12.4. The lowest BCUT2D eigenvalue weighted by Gasteiger charge is -2.13. The fraction of sp³-hybridized carbons (Fsp3) is 0.250. The van der Waals surface area contributed by atoms with E-state index in [0.29, 0.717) is 11.4 Å². The molecule has 2 aromatic rings. The van der Waals surface area contributed by atoms with Gasteiger partial charge in [-0.1, -0.05) is 23.7 Å². The second-order valence-electron chi connectivity index (χ2n) is 5.97. The van der Waals surface area contributed by atoms with Crippen molar-refractivity contribution in [1.82, 2.24) is 0 Å². The van der Waals surface area contributed by atoms with Gasteiger partial charge < -0.3 is 16.8 Å². The van der Waals surface area contributed by atoms with Gasteiger partial charge in [-0.3, -0.25) is 0 Å². The molecule has 2 rings (SSSR count). The number of benzene rings is 2. The van der Waals surface area contributed by atoms with Crippen molar-refractivity contribution in [3.63, 3.8) is 0 Å². The molecule has 1 unspecified atom stereocenters. The van der Waals surface area contributed by atoms with E-state index in [9.17, 15) is 4.39 Å². The summed E-state index contributed by atoms with van der Waals surface area (Å²) in [5, 5.41) is 2.98. The molecule has 6 heteroatoms. The highest BCUT2D eigenvalue weighted by molar-refractivity contribution is 6.21. The summed E-state index contributed by atoms with van der Waals surface area (Å²) in [6.07, 6.45) is 2.89. The predicted molar refractivity (Wildman–Crippen MR) is 110 cm³/mol. The van der Waals surface area contributed by atoms with Crippen LogP contribution in [0.25, 0.3) is 0 Å². The molecule has 0 aliphatic heterocycles. The van der Waals surface area contributed by atoms with E-state index in [1.165, 1.54) is 6.08 Å². The van der Waals surface area contributed by atoms with E-state index in [4.69, 9.17) is 23.1 Å². The number of hydrogen-bond acceptors (Lipinski definition) is 3. The normalized spacial score (nSPS) is 13.5. The number of halogens is 2. The van der Waals surface area contributed by atoms with Crippen molar-refractivity contribution in [2.45, 2.75) is 32.2 Å². The van der Waals surface area contributed by atoms with Crippen molar-refractivity contribution in [2.75, 3.05) is 16.8 Å². The third-order valence-corrected chi connectivity index (χ3v) is 3.92. The van der Waals surface area contributed by atoms with Crippen molar-refractivity contribution < 1.29 is 4.39 Å². The second kappa shape index (κ2) is 9.25. The van der Waals surface area contributed by atoms with Gasteiger partial charge in [0, 0.05) is 17.1 Å². The van der Waals surface area contributed by atoms with Gasteiger partial charge in [-0.05, 0) is 74.2 Å². The number of nitrogens with one attached hydrogen (secondary N) is 1. The Morgan fingerprint density at radius 1 is 1.23 bits per heavy atom. The van der Waals surface area contributed by atoms with Crippen LogP contribution in [0.2, 0.25) is 0 Å². The number of anilines is 3. The first kappa shape index (κ1) is 19.8. The number of nitrogen functional groups attached to an aromatic ring is 2. The van der Waals surface area contributed by atoms with E-state index < -0.39 is 11.3 Å². The molecule has 1 atom stereocenters. The van der Waals surface area contributed by atoms with Crippen molar-refractivity contribution in [1.29, 1.82) is 0 Å². The van der Waals surface area contributed by atoms with E-state index in [1.54, 1.807) is 26.0 Å². The maximum Gasteiger partial charge on any atom is 0.163 e. The zero-order valence-corrected chi connectivity index (χ0v) is 15.7. The Bertz CT molecular complexity index is 815. The molecule has 0 heterocycles. The minimum atomic E-state index is -0.542. The van der Waals surface area contributed by atoms with Crippen LogP contribution in [-0.2, 0) is 12.8 Å². The Labute approximate surface area is 158 Å². The maximum atomic E-state index is 14.0. The van der Waals surface area contributed by atoms with Gasteiger partial charge in [0.05, 0.1) is 0 Å². The van der Waals surface area contributed by atoms with Crippen molar-refractivity contribution in [3.8, 4) is 0 Å². The lowest BCUT2D eigenvalue weighted by Crippen LogP contribution is -2.15. The van der Waals surface area contributed by atoms with Crippen LogP contribution in [-0.4, -0.2) is 11.3 Å². The fourth-order valence-electron chi connectivity index (χ4n) is 2.53. The Balaban J connectivity index is 2.18. The van der Waals surface area contributed by atoms with E-state index in [-0.39, 0.29) is 5.84 Å². The van der Waals surface area contributed by atoms with Crippen LogP contribution in [0, 0.1) is 0 Å². The first-order valence-corrected chi connectivity index (χ1v) is 8.86. The van der Waals surface area contributed by atoms with Gasteiger partial charge in [-0.15, -0.1) is 0 Å². The van der Waals surface area contributed by atoms with Crippen molar-refractivity contribution >= 4 is 34.5 Å². The van der Waals surface area contributed by atoms with Crippen molar-refractivity contribution in [3.05, 3.63) is 65.5 Å². The summed E-state index contributed by atoms with van der Waals surface area (Å²) in [5.41, 5.74) is 15.6. The molecule has 0 saturated heterocycles. The number of allylic oxidation sites excluding steroid dienone is 1. The van der Waals surface area contributed by atoms with E-state index in [1.807, 2.05) is 30.3 Å². The molecule has 0 fully saturated rings. The summed E-state index contributed by atoms with van der Waals surface area (Å²) in [6, 6.07) is 13.3. The monoisotopic (exact) mass is 374 g/mol. The molecule has 26 heavy (non-hydrogen) atoms. The highest BCUT2D eigenvalue weighted by Crippen LogP contribution is 2.21. The topological polar surface area (TPSA) is 76.4 Å². The number of rotatable bonds is 6. The number of amidine groups is 1. The Morgan fingerprint density at radius 2 is 2.00 bits per heavy atom. The third kappa shape index (κ3) is 5.77. The van der Waals surface area contributed by atoms with Crippen LogP contribution in [0.1, 0.15) is 25.0 Å². The number of nitrogens with zero attached hydrogens (tertiary/aromatic N) is 1. The van der Waals surface area contributed by atoms with Crippen LogP contribution in [0.15, 0.2) is 59.4 Å². The summed E-state index contributed by atoms with van der Waals surface area (Å²) in [7, 11) is 0. The van der Waals surface area contributed by atoms with Gasteiger partial charge in [0.25, 0.3) is 0 Å². The quantitative estimate of drug-likeness (QED) is 0.221. The first-order valence-electron chi connectivity index (χ1n) is 8.43. The zero-order valence-electron chi connectivity index (χ0n) is 15.0. The van der Waals surface area contributed by atoms with E-state index in [2.05, 4.69) is 10.3 Å². The molecule has 0 amide bonds. The molecule has 138 valence electrons. The van der Waals surface area contributed by atoms with Gasteiger partial charge in [-0.25, -0.2) is 9.38 Å². The zero-order chi connectivity index (χ0) is 19.1. The average molecular weight is 375 g/mol. The van der Waals surface area contributed by atoms with Crippen LogP contribution in [0.5, 0.6) is 0 Å². The lowest BCUT2D eigenvalue weighted by atomic mass is 10.0. The molecule has 5 N–H and O–H groups in total. The second-order valence-corrected chi connectivity index (χ2v) is 6.60. The summed E-state index contributed by atoms with van der Waals surface area (Å²) in [6.45, 7) is 3.28. The minimum Gasteiger partial charge on any atom is -0.399 e. The third-order valence-electron chi connectivity index (χ3n) is 3.83. The van der Waals surface area contributed by atoms with Gasteiger partial charge in [0.15, 0.2) is 11.7 Å². The highest BCUT2D eigenvalue weighted by atomic mass is 35.5. The predicted octanol–water partition coefficient (Wildman–Crippen LogP) is 4.90. The summed E-state index contributed by atoms with van der Waals surface area (Å²) in [4.78, 5) is 4.08. The fourth-order valence-corrected chi connectivity index (χ4v) is 2.63. The van der Waals surface area contributed by atoms with Crippen LogP contribution in [0.3, 0.4) is 0 Å². The standard InChI is InChI=1S/C20H24ClFN4/c1-3-18(22)20(25-13(2)21)26-17-9-10-19(24)15(12-17)8-7-14-5-4-6-16(23)11-14/h3-6,9-13H,7-8,23-24H2,1-2H3,(H,25,26)/b18-3+. The van der Waals surface area contributed by atoms with Gasteiger partial charge in [0.2, 0.25) is 0 Å². The average Bonchev–Trinajstić information content (AvgIpc) is 2.60. The molecule has 0 aliphatic carbocycles. The number of aryl methyl sites for hydroxylation is 2.